The van der Waals surface area contributed by atoms with Gasteiger partial charge in [-0.05, 0) is 24.3 Å². The van der Waals surface area contributed by atoms with Gasteiger partial charge in [0.05, 0.1) is 25.0 Å². The fourth-order valence-corrected chi connectivity index (χ4v) is 2.23. The number of methoxy groups -OCH3 is 1. The van der Waals surface area contributed by atoms with Crippen LogP contribution in [-0.4, -0.2) is 33.0 Å². The van der Waals surface area contributed by atoms with Crippen LogP contribution < -0.4 is 10.1 Å². The van der Waals surface area contributed by atoms with E-state index in [0.717, 1.165) is 5.56 Å². The fraction of sp³-hybridized carbons (Fsp3) is 0.118. The maximum Gasteiger partial charge on any atom is 0.257 e. The summed E-state index contributed by atoms with van der Waals surface area (Å²) in [6.07, 6.45) is 8.15. The molecule has 0 unspecified atom stereocenters. The van der Waals surface area contributed by atoms with Crippen LogP contribution in [0.15, 0.2) is 55.2 Å². The second-order valence-corrected chi connectivity index (χ2v) is 4.83. The summed E-state index contributed by atoms with van der Waals surface area (Å²) in [5.74, 6) is -0.00483. The number of pyridine rings is 2. The van der Waals surface area contributed by atoms with Gasteiger partial charge in [0.2, 0.25) is 5.88 Å². The third-order valence-electron chi connectivity index (χ3n) is 3.35. The molecule has 0 aliphatic rings. The van der Waals surface area contributed by atoms with Gasteiger partial charge >= 0.3 is 0 Å². The second kappa shape index (κ2) is 7.28. The Bertz CT molecular complexity index is 839. The SMILES string of the molecule is COc1ncccc1C(=O)NCc1nccnc1-c1ccncc1. The van der Waals surface area contributed by atoms with Crippen molar-refractivity contribution < 1.29 is 9.53 Å². The van der Waals surface area contributed by atoms with Crippen molar-refractivity contribution in [2.45, 2.75) is 6.54 Å². The number of aromatic nitrogens is 4. The van der Waals surface area contributed by atoms with Crippen molar-refractivity contribution >= 4 is 5.91 Å². The lowest BCUT2D eigenvalue weighted by atomic mass is 10.1. The zero-order chi connectivity index (χ0) is 16.8. The molecule has 0 fully saturated rings. The number of rotatable bonds is 5. The van der Waals surface area contributed by atoms with E-state index in [1.54, 1.807) is 43.1 Å². The van der Waals surface area contributed by atoms with Crippen molar-refractivity contribution in [3.63, 3.8) is 0 Å². The van der Waals surface area contributed by atoms with Crippen LogP contribution in [0.25, 0.3) is 11.3 Å². The van der Waals surface area contributed by atoms with Crippen LogP contribution in [0.2, 0.25) is 0 Å². The molecule has 1 N–H and O–H groups in total. The number of amides is 1. The van der Waals surface area contributed by atoms with E-state index in [-0.39, 0.29) is 18.3 Å². The first-order valence-electron chi connectivity index (χ1n) is 7.27. The molecule has 3 aromatic rings. The van der Waals surface area contributed by atoms with Crippen LogP contribution in [0.3, 0.4) is 0 Å². The van der Waals surface area contributed by atoms with Gasteiger partial charge in [-0.25, -0.2) is 4.98 Å². The smallest absolute Gasteiger partial charge is 0.257 e. The number of nitrogens with zero attached hydrogens (tertiary/aromatic N) is 4. The van der Waals surface area contributed by atoms with Gasteiger partial charge in [-0.1, -0.05) is 0 Å². The van der Waals surface area contributed by atoms with E-state index >= 15 is 0 Å². The number of hydrogen-bond donors (Lipinski definition) is 1. The Morgan fingerprint density at radius 3 is 2.62 bits per heavy atom. The number of carbonyl (C=O) groups is 1. The highest BCUT2D eigenvalue weighted by atomic mass is 16.5. The van der Waals surface area contributed by atoms with Crippen LogP contribution in [-0.2, 0) is 6.54 Å². The molecule has 0 saturated heterocycles. The van der Waals surface area contributed by atoms with Crippen LogP contribution in [0.4, 0.5) is 0 Å². The van der Waals surface area contributed by atoms with Crippen molar-refractivity contribution in [2.75, 3.05) is 7.11 Å². The Balaban J connectivity index is 1.79. The highest BCUT2D eigenvalue weighted by molar-refractivity contribution is 5.96. The monoisotopic (exact) mass is 321 g/mol. The molecular weight excluding hydrogens is 306 g/mol. The largest absolute Gasteiger partial charge is 0.480 e. The summed E-state index contributed by atoms with van der Waals surface area (Å²) in [7, 11) is 1.48. The van der Waals surface area contributed by atoms with Crippen molar-refractivity contribution in [3.05, 3.63) is 66.5 Å². The van der Waals surface area contributed by atoms with E-state index in [1.165, 1.54) is 7.11 Å². The average molecular weight is 321 g/mol. The summed E-state index contributed by atoms with van der Waals surface area (Å²) in [5.41, 5.74) is 2.63. The molecule has 0 saturated carbocycles. The van der Waals surface area contributed by atoms with E-state index in [1.807, 2.05) is 12.1 Å². The van der Waals surface area contributed by atoms with E-state index in [2.05, 4.69) is 25.3 Å². The Labute approximate surface area is 138 Å². The molecule has 0 aromatic carbocycles. The summed E-state index contributed by atoms with van der Waals surface area (Å²) in [6, 6.07) is 7.03. The average Bonchev–Trinajstić information content (AvgIpc) is 2.67. The van der Waals surface area contributed by atoms with Crippen LogP contribution in [0, 0.1) is 0 Å². The van der Waals surface area contributed by atoms with Gasteiger partial charge in [0.25, 0.3) is 5.91 Å². The maximum absolute atomic E-state index is 12.4. The van der Waals surface area contributed by atoms with Gasteiger partial charge in [-0.15, -0.1) is 0 Å². The molecule has 0 spiro atoms. The molecule has 0 aliphatic carbocycles. The molecule has 120 valence electrons. The van der Waals surface area contributed by atoms with Crippen LogP contribution in [0.5, 0.6) is 5.88 Å². The maximum atomic E-state index is 12.4. The van der Waals surface area contributed by atoms with Gasteiger partial charge in [-0.3, -0.25) is 19.7 Å². The zero-order valence-corrected chi connectivity index (χ0v) is 13.0. The molecule has 0 aliphatic heterocycles. The van der Waals surface area contributed by atoms with E-state index in [9.17, 15) is 4.79 Å². The Hall–Kier alpha value is -3.35. The third kappa shape index (κ3) is 3.35. The number of hydrogen-bond acceptors (Lipinski definition) is 6. The zero-order valence-electron chi connectivity index (χ0n) is 13.0. The van der Waals surface area contributed by atoms with Crippen molar-refractivity contribution in [3.8, 4) is 17.1 Å². The van der Waals surface area contributed by atoms with Gasteiger partial charge < -0.3 is 10.1 Å². The van der Waals surface area contributed by atoms with Crippen LogP contribution in [0.1, 0.15) is 16.1 Å². The predicted octanol–water partition coefficient (Wildman–Crippen LogP) is 1.87. The molecule has 0 atom stereocenters. The molecule has 0 bridgehead atoms. The molecule has 1 amide bonds. The van der Waals surface area contributed by atoms with Crippen molar-refractivity contribution in [1.82, 2.24) is 25.3 Å². The standard InChI is InChI=1S/C17H15N5O2/c1-24-17-13(3-2-6-21-17)16(23)22-11-14-15(20-10-9-19-14)12-4-7-18-8-5-12/h2-10H,11H2,1H3,(H,22,23). The Morgan fingerprint density at radius 1 is 1.04 bits per heavy atom. The molecular formula is C17H15N5O2. The first kappa shape index (κ1) is 15.5. The summed E-state index contributed by atoms with van der Waals surface area (Å²) in [6.45, 7) is 0.238. The topological polar surface area (TPSA) is 89.9 Å². The van der Waals surface area contributed by atoms with Gasteiger partial charge in [0, 0.05) is 36.5 Å². The lowest BCUT2D eigenvalue weighted by molar-refractivity contribution is 0.0946. The molecule has 7 heteroatoms. The highest BCUT2D eigenvalue weighted by Gasteiger charge is 2.14. The number of nitrogens with one attached hydrogen (secondary N) is 1. The van der Waals surface area contributed by atoms with Crippen molar-refractivity contribution in [1.29, 1.82) is 0 Å². The summed E-state index contributed by atoms with van der Waals surface area (Å²) < 4.78 is 5.10. The molecule has 0 radical (unpaired) electrons. The minimum atomic E-state index is -0.286. The van der Waals surface area contributed by atoms with Gasteiger partial charge in [-0.2, -0.15) is 0 Å². The van der Waals surface area contributed by atoms with E-state index < -0.39 is 0 Å². The normalized spacial score (nSPS) is 10.2. The summed E-state index contributed by atoms with van der Waals surface area (Å²) >= 11 is 0. The summed E-state index contributed by atoms with van der Waals surface area (Å²) in [5, 5.41) is 2.82. The first-order valence-corrected chi connectivity index (χ1v) is 7.27. The molecule has 3 rings (SSSR count). The lowest BCUT2D eigenvalue weighted by Crippen LogP contribution is -2.24. The number of carbonyl (C=O) groups excluding carboxylic acids is 1. The van der Waals surface area contributed by atoms with Gasteiger partial charge in [0.15, 0.2) is 0 Å². The molecule has 3 aromatic heterocycles. The second-order valence-electron chi connectivity index (χ2n) is 4.83. The quantitative estimate of drug-likeness (QED) is 0.771. The third-order valence-corrected chi connectivity index (χ3v) is 3.35. The lowest BCUT2D eigenvalue weighted by Gasteiger charge is -2.10. The van der Waals surface area contributed by atoms with Crippen LogP contribution >= 0.6 is 0 Å². The van der Waals surface area contributed by atoms with Crippen molar-refractivity contribution in [2.24, 2.45) is 0 Å². The minimum absolute atomic E-state index is 0.238. The summed E-state index contributed by atoms with van der Waals surface area (Å²) in [4.78, 5) is 29.0. The number of ether oxygens (including phenoxy) is 1. The molecule has 3 heterocycles. The molecule has 7 nitrogen and oxygen atoms in total. The molecule has 24 heavy (non-hydrogen) atoms. The van der Waals surface area contributed by atoms with E-state index in [4.69, 9.17) is 4.74 Å². The predicted molar refractivity (Wildman–Crippen MR) is 87.2 cm³/mol. The van der Waals surface area contributed by atoms with Gasteiger partial charge in [0.1, 0.15) is 5.56 Å². The minimum Gasteiger partial charge on any atom is -0.480 e. The fourth-order valence-electron chi connectivity index (χ4n) is 2.23. The Morgan fingerprint density at radius 2 is 1.83 bits per heavy atom. The highest BCUT2D eigenvalue weighted by Crippen LogP contribution is 2.19. The van der Waals surface area contributed by atoms with E-state index in [0.29, 0.717) is 17.0 Å². The Kier molecular flexibility index (Phi) is 4.71. The first-order chi connectivity index (χ1) is 11.8.